The van der Waals surface area contributed by atoms with E-state index in [1.807, 2.05) is 0 Å². The quantitative estimate of drug-likeness (QED) is 0.756. The molecule has 1 aliphatic rings. The van der Waals surface area contributed by atoms with Crippen LogP contribution in [0.25, 0.3) is 0 Å². The molecule has 0 aromatic carbocycles. The van der Waals surface area contributed by atoms with Crippen LogP contribution in [-0.4, -0.2) is 15.7 Å². The summed E-state index contributed by atoms with van der Waals surface area (Å²) in [6.45, 7) is 0. The lowest BCUT2D eigenvalue weighted by atomic mass is 10.1. The predicted octanol–water partition coefficient (Wildman–Crippen LogP) is 1.43. The van der Waals surface area contributed by atoms with Crippen molar-refractivity contribution in [2.45, 2.75) is 24.9 Å². The summed E-state index contributed by atoms with van der Waals surface area (Å²) in [5, 5.41) is 9.48. The molecule has 0 spiro atoms. The molecule has 2 nitrogen and oxygen atoms in total. The van der Waals surface area contributed by atoms with Crippen molar-refractivity contribution in [2.75, 3.05) is 0 Å². The van der Waals surface area contributed by atoms with Gasteiger partial charge in [-0.3, -0.25) is 4.98 Å². The summed E-state index contributed by atoms with van der Waals surface area (Å²) in [6.07, 6.45) is 3.21. The van der Waals surface area contributed by atoms with Crippen molar-refractivity contribution in [3.8, 4) is 0 Å². The Morgan fingerprint density at radius 2 is 1.85 bits per heavy atom. The van der Waals surface area contributed by atoms with E-state index in [0.29, 0.717) is 12.8 Å². The normalized spacial score (nSPS) is 18.7. The first kappa shape index (κ1) is 8.56. The minimum atomic E-state index is -0.872. The highest BCUT2D eigenvalue weighted by Crippen LogP contribution is 2.38. The van der Waals surface area contributed by atoms with Gasteiger partial charge in [0.25, 0.3) is 0 Å². The molecule has 0 radical (unpaired) electrons. The minimum absolute atomic E-state index is 0.0488. The zero-order chi connectivity index (χ0) is 9.47. The fraction of sp³-hybridized carbons (Fsp3) is 0.444. The molecule has 0 atom stereocenters. The molecule has 4 heteroatoms. The van der Waals surface area contributed by atoms with Gasteiger partial charge >= 0.3 is 0 Å². The standard InChI is InChI=1S/C9H9F2NO/c10-7-4-12-5-8(11)6(7)3-9(13)1-2-9/h4-5,13H,1-3H2. The second-order valence-corrected chi connectivity index (χ2v) is 3.48. The van der Waals surface area contributed by atoms with Gasteiger partial charge in [-0.25, -0.2) is 8.78 Å². The van der Waals surface area contributed by atoms with Crippen LogP contribution in [0.15, 0.2) is 12.4 Å². The minimum Gasteiger partial charge on any atom is -0.390 e. The summed E-state index contributed by atoms with van der Waals surface area (Å²) in [5.74, 6) is -1.36. The van der Waals surface area contributed by atoms with Crippen molar-refractivity contribution >= 4 is 0 Å². The van der Waals surface area contributed by atoms with Crippen LogP contribution < -0.4 is 0 Å². The fourth-order valence-electron chi connectivity index (χ4n) is 1.26. The molecule has 0 unspecified atom stereocenters. The smallest absolute Gasteiger partial charge is 0.147 e. The summed E-state index contributed by atoms with van der Waals surface area (Å²) in [4.78, 5) is 3.36. The number of aliphatic hydroxyl groups is 1. The molecule has 70 valence electrons. The highest BCUT2D eigenvalue weighted by molar-refractivity contribution is 5.19. The monoisotopic (exact) mass is 185 g/mol. The third kappa shape index (κ3) is 1.67. The third-order valence-corrected chi connectivity index (χ3v) is 2.29. The van der Waals surface area contributed by atoms with E-state index in [4.69, 9.17) is 0 Å². The number of rotatable bonds is 2. The third-order valence-electron chi connectivity index (χ3n) is 2.29. The van der Waals surface area contributed by atoms with Crippen LogP contribution in [0.1, 0.15) is 18.4 Å². The fourth-order valence-corrected chi connectivity index (χ4v) is 1.26. The lowest BCUT2D eigenvalue weighted by Crippen LogP contribution is -2.13. The maximum absolute atomic E-state index is 13.0. The zero-order valence-electron chi connectivity index (χ0n) is 6.93. The Kier molecular flexibility index (Phi) is 1.80. The number of hydrogen-bond donors (Lipinski definition) is 1. The van der Waals surface area contributed by atoms with Gasteiger partial charge in [-0.1, -0.05) is 0 Å². The van der Waals surface area contributed by atoms with Gasteiger partial charge in [-0.2, -0.15) is 0 Å². The molecule has 0 aliphatic heterocycles. The highest BCUT2D eigenvalue weighted by atomic mass is 19.1. The average molecular weight is 185 g/mol. The Balaban J connectivity index is 2.28. The lowest BCUT2D eigenvalue weighted by molar-refractivity contribution is 0.148. The maximum Gasteiger partial charge on any atom is 0.147 e. The van der Waals surface area contributed by atoms with Crippen LogP contribution in [0.5, 0.6) is 0 Å². The van der Waals surface area contributed by atoms with Gasteiger partial charge in [0.2, 0.25) is 0 Å². The van der Waals surface area contributed by atoms with Crippen LogP contribution in [0.3, 0.4) is 0 Å². The molecule has 0 amide bonds. The van der Waals surface area contributed by atoms with Crippen LogP contribution in [0.4, 0.5) is 8.78 Å². The predicted molar refractivity (Wildman–Crippen MR) is 42.0 cm³/mol. The van der Waals surface area contributed by atoms with E-state index < -0.39 is 17.2 Å². The van der Waals surface area contributed by atoms with Crippen LogP contribution in [0, 0.1) is 11.6 Å². The maximum atomic E-state index is 13.0. The summed E-state index contributed by atoms with van der Waals surface area (Å²) < 4.78 is 26.0. The number of halogens is 2. The first-order valence-electron chi connectivity index (χ1n) is 4.11. The molecule has 1 aromatic rings. The van der Waals surface area contributed by atoms with E-state index in [1.54, 1.807) is 0 Å². The molecule has 1 fully saturated rings. The van der Waals surface area contributed by atoms with Crippen LogP contribution in [-0.2, 0) is 6.42 Å². The molecule has 0 bridgehead atoms. The SMILES string of the molecule is OC1(Cc2c(F)cncc2F)CC1. The van der Waals surface area contributed by atoms with Crippen molar-refractivity contribution in [1.29, 1.82) is 0 Å². The summed E-state index contributed by atoms with van der Waals surface area (Å²) in [6, 6.07) is 0. The molecular formula is C9H9F2NO. The lowest BCUT2D eigenvalue weighted by Gasteiger charge is -2.08. The van der Waals surface area contributed by atoms with Gasteiger partial charge in [-0.05, 0) is 12.8 Å². The Morgan fingerprint density at radius 1 is 1.31 bits per heavy atom. The molecule has 1 aliphatic carbocycles. The Labute approximate surface area is 74.2 Å². The van der Waals surface area contributed by atoms with Crippen LogP contribution >= 0.6 is 0 Å². The van der Waals surface area contributed by atoms with Gasteiger partial charge in [-0.15, -0.1) is 0 Å². The summed E-state index contributed by atoms with van der Waals surface area (Å²) >= 11 is 0. The number of aromatic nitrogens is 1. The van der Waals surface area contributed by atoms with E-state index in [-0.39, 0.29) is 12.0 Å². The van der Waals surface area contributed by atoms with Crippen molar-refractivity contribution in [3.05, 3.63) is 29.6 Å². The molecular weight excluding hydrogens is 176 g/mol. The first-order chi connectivity index (χ1) is 6.11. The van der Waals surface area contributed by atoms with E-state index >= 15 is 0 Å². The molecule has 1 heterocycles. The molecule has 13 heavy (non-hydrogen) atoms. The molecule has 2 rings (SSSR count). The Morgan fingerprint density at radius 3 is 2.31 bits per heavy atom. The van der Waals surface area contributed by atoms with Gasteiger partial charge in [0, 0.05) is 12.0 Å². The largest absolute Gasteiger partial charge is 0.390 e. The Hall–Kier alpha value is -1.03. The highest BCUT2D eigenvalue weighted by Gasteiger charge is 2.41. The molecule has 1 saturated carbocycles. The number of pyridine rings is 1. The molecule has 1 N–H and O–H groups in total. The zero-order valence-corrected chi connectivity index (χ0v) is 6.93. The van der Waals surface area contributed by atoms with E-state index in [2.05, 4.69) is 4.98 Å². The van der Waals surface area contributed by atoms with Gasteiger partial charge in [0.05, 0.1) is 18.0 Å². The summed E-state index contributed by atoms with van der Waals surface area (Å²) in [7, 11) is 0. The van der Waals surface area contributed by atoms with E-state index in [9.17, 15) is 13.9 Å². The second-order valence-electron chi connectivity index (χ2n) is 3.48. The van der Waals surface area contributed by atoms with E-state index in [1.165, 1.54) is 0 Å². The number of hydrogen-bond acceptors (Lipinski definition) is 2. The van der Waals surface area contributed by atoms with Crippen molar-refractivity contribution in [3.63, 3.8) is 0 Å². The topological polar surface area (TPSA) is 33.1 Å². The Bertz CT molecular complexity index is 316. The first-order valence-corrected chi connectivity index (χ1v) is 4.11. The van der Waals surface area contributed by atoms with Crippen LogP contribution in [0.2, 0.25) is 0 Å². The van der Waals surface area contributed by atoms with Crippen molar-refractivity contribution in [2.24, 2.45) is 0 Å². The molecule has 0 saturated heterocycles. The van der Waals surface area contributed by atoms with Crippen molar-refractivity contribution < 1.29 is 13.9 Å². The van der Waals surface area contributed by atoms with Gasteiger partial charge < -0.3 is 5.11 Å². The molecule has 1 aromatic heterocycles. The summed E-state index contributed by atoms with van der Waals surface area (Å²) in [5.41, 5.74) is -0.932. The average Bonchev–Trinajstić information content (AvgIpc) is 2.78. The van der Waals surface area contributed by atoms with E-state index in [0.717, 1.165) is 12.4 Å². The second kappa shape index (κ2) is 2.73. The number of nitrogens with zero attached hydrogens (tertiary/aromatic N) is 1. The van der Waals surface area contributed by atoms with Gasteiger partial charge in [0.1, 0.15) is 11.6 Å². The van der Waals surface area contributed by atoms with Crippen molar-refractivity contribution in [1.82, 2.24) is 4.98 Å². The van der Waals surface area contributed by atoms with Gasteiger partial charge in [0.15, 0.2) is 0 Å².